The second kappa shape index (κ2) is 7.17. The van der Waals surface area contributed by atoms with Gasteiger partial charge in [-0.3, -0.25) is 4.79 Å². The summed E-state index contributed by atoms with van der Waals surface area (Å²) in [4.78, 5) is 12.8. The molecule has 0 aromatic heterocycles. The lowest BCUT2D eigenvalue weighted by molar-refractivity contribution is -0.137. The first kappa shape index (κ1) is 19.4. The number of halogens is 1. The van der Waals surface area contributed by atoms with E-state index in [1.54, 1.807) is 0 Å². The van der Waals surface area contributed by atoms with Crippen LogP contribution >= 0.6 is 15.9 Å². The Labute approximate surface area is 168 Å². The van der Waals surface area contributed by atoms with E-state index >= 15 is 0 Å². The highest BCUT2D eigenvalue weighted by Crippen LogP contribution is 2.62. The zero-order valence-corrected chi connectivity index (χ0v) is 18.3. The molecular weight excluding hydrogens is 388 g/mol. The summed E-state index contributed by atoms with van der Waals surface area (Å²) < 4.78 is 0. The Morgan fingerprint density at radius 2 is 1.69 bits per heavy atom. The summed E-state index contributed by atoms with van der Waals surface area (Å²) in [5, 5.41) is 11.1. The highest BCUT2D eigenvalue weighted by atomic mass is 79.9. The molecule has 4 aliphatic rings. The monoisotopic (exact) mass is 424 g/mol. The summed E-state index contributed by atoms with van der Waals surface area (Å²) in [6.45, 7) is 4.53. The molecule has 0 amide bonds. The van der Waals surface area contributed by atoms with Crippen LogP contribution in [0.2, 0.25) is 0 Å². The number of alkyl halides is 1. The summed E-state index contributed by atoms with van der Waals surface area (Å²) in [6.07, 6.45) is 13.5. The molecule has 0 heterocycles. The predicted octanol–water partition coefficient (Wildman–Crippen LogP) is 5.75. The minimum atomic E-state index is -0.424. The maximum absolute atomic E-state index is 12.8. The first-order valence-electron chi connectivity index (χ1n) is 11.2. The van der Waals surface area contributed by atoms with Crippen molar-refractivity contribution in [3.63, 3.8) is 0 Å². The van der Waals surface area contributed by atoms with Crippen LogP contribution in [-0.2, 0) is 4.79 Å². The third kappa shape index (κ3) is 3.23. The first-order chi connectivity index (χ1) is 12.4. The Morgan fingerprint density at radius 3 is 2.46 bits per heavy atom. The van der Waals surface area contributed by atoms with Crippen molar-refractivity contribution < 1.29 is 9.90 Å². The molecule has 4 aliphatic carbocycles. The van der Waals surface area contributed by atoms with Gasteiger partial charge in [0, 0.05) is 5.92 Å². The molecule has 8 atom stereocenters. The number of rotatable bonds is 2. The number of hydrogen-bond acceptors (Lipinski definition) is 2. The van der Waals surface area contributed by atoms with Crippen molar-refractivity contribution in [3.05, 3.63) is 0 Å². The smallest absolute Gasteiger partial charge is 0.147 e. The van der Waals surface area contributed by atoms with Gasteiger partial charge in [0.25, 0.3) is 0 Å². The van der Waals surface area contributed by atoms with E-state index in [1.807, 2.05) is 0 Å². The fraction of sp³-hybridized carbons (Fsp3) is 0.957. The van der Waals surface area contributed by atoms with Crippen LogP contribution in [0.3, 0.4) is 0 Å². The number of carbonyl (C=O) groups is 1. The lowest BCUT2D eigenvalue weighted by Gasteiger charge is -2.58. The lowest BCUT2D eigenvalue weighted by atomic mass is 9.46. The van der Waals surface area contributed by atoms with Crippen LogP contribution in [0.25, 0.3) is 0 Å². The number of carbonyl (C=O) groups excluding carboxylic acids is 1. The van der Waals surface area contributed by atoms with Gasteiger partial charge >= 0.3 is 0 Å². The van der Waals surface area contributed by atoms with Gasteiger partial charge in [0.05, 0.1) is 10.9 Å². The molecule has 0 saturated heterocycles. The summed E-state index contributed by atoms with van der Waals surface area (Å²) in [5.41, 5.74) is -0.192. The Morgan fingerprint density at radius 1 is 0.962 bits per heavy atom. The number of fused-ring (bicyclic) bond motifs is 5. The Hall–Kier alpha value is 0.110. The molecule has 2 nitrogen and oxygen atoms in total. The van der Waals surface area contributed by atoms with Crippen molar-refractivity contribution in [3.8, 4) is 0 Å². The Balaban J connectivity index is 1.58. The molecule has 4 saturated carbocycles. The SMILES string of the molecule is C[C@@]1(O)CC[C@H]2[C@H](CC[C@@H]3[C@@H]2CC[C@]2(C)[C@H](C(=O)CBr)CCCC[C@@H]32)C1. The van der Waals surface area contributed by atoms with Crippen molar-refractivity contribution >= 4 is 21.7 Å². The molecule has 0 spiro atoms. The fourth-order valence-electron chi connectivity index (χ4n) is 8.07. The third-order valence-corrected chi connectivity index (χ3v) is 9.80. The summed E-state index contributed by atoms with van der Waals surface area (Å²) in [6, 6.07) is 0. The van der Waals surface area contributed by atoms with Gasteiger partial charge in [-0.05, 0) is 99.7 Å². The maximum Gasteiger partial charge on any atom is 0.147 e. The largest absolute Gasteiger partial charge is 0.390 e. The molecule has 148 valence electrons. The minimum absolute atomic E-state index is 0.232. The number of hydrogen-bond donors (Lipinski definition) is 1. The first-order valence-corrected chi connectivity index (χ1v) is 12.3. The van der Waals surface area contributed by atoms with E-state index in [9.17, 15) is 9.90 Å². The Bertz CT molecular complexity index is 544. The average molecular weight is 425 g/mol. The molecule has 0 aliphatic heterocycles. The molecular formula is C23H37BrO2. The van der Waals surface area contributed by atoms with Crippen LogP contribution in [0.4, 0.5) is 0 Å². The quantitative estimate of drug-likeness (QED) is 0.572. The average Bonchev–Trinajstić information content (AvgIpc) is 2.78. The molecule has 0 bridgehead atoms. The van der Waals surface area contributed by atoms with Crippen molar-refractivity contribution in [2.75, 3.05) is 5.33 Å². The highest BCUT2D eigenvalue weighted by molar-refractivity contribution is 9.09. The molecule has 4 fully saturated rings. The molecule has 0 aromatic rings. The van der Waals surface area contributed by atoms with Crippen molar-refractivity contribution in [2.45, 2.75) is 90.1 Å². The van der Waals surface area contributed by atoms with Gasteiger partial charge in [0.1, 0.15) is 5.78 Å². The zero-order chi connectivity index (χ0) is 18.5. The van der Waals surface area contributed by atoms with E-state index < -0.39 is 5.60 Å². The number of Topliss-reactive ketones (excluding diaryl/α,β-unsaturated/α-hetero) is 1. The zero-order valence-electron chi connectivity index (χ0n) is 16.7. The van der Waals surface area contributed by atoms with E-state index in [-0.39, 0.29) is 11.3 Å². The molecule has 0 unspecified atom stereocenters. The molecule has 4 rings (SSSR count). The van der Waals surface area contributed by atoms with Gasteiger partial charge in [0.2, 0.25) is 0 Å². The second-order valence-electron chi connectivity index (χ2n) is 10.7. The molecule has 3 heteroatoms. The van der Waals surface area contributed by atoms with Crippen LogP contribution < -0.4 is 0 Å². The normalized spacial score (nSPS) is 51.5. The number of aliphatic hydroxyl groups is 1. The molecule has 1 N–H and O–H groups in total. The third-order valence-electron chi connectivity index (χ3n) is 9.25. The van der Waals surface area contributed by atoms with Gasteiger partial charge in [-0.2, -0.15) is 0 Å². The minimum Gasteiger partial charge on any atom is -0.390 e. The Kier molecular flexibility index (Phi) is 5.36. The fourth-order valence-corrected chi connectivity index (χ4v) is 8.46. The van der Waals surface area contributed by atoms with E-state index in [1.165, 1.54) is 51.4 Å². The van der Waals surface area contributed by atoms with E-state index in [0.29, 0.717) is 11.1 Å². The van der Waals surface area contributed by atoms with Crippen LogP contribution in [0, 0.1) is 40.9 Å². The van der Waals surface area contributed by atoms with Crippen LogP contribution in [-0.4, -0.2) is 21.8 Å². The summed E-state index contributed by atoms with van der Waals surface area (Å²) >= 11 is 3.47. The van der Waals surface area contributed by atoms with Crippen molar-refractivity contribution in [1.82, 2.24) is 0 Å². The lowest BCUT2D eigenvalue weighted by Crippen LogP contribution is -2.53. The van der Waals surface area contributed by atoms with Gasteiger partial charge in [-0.15, -0.1) is 0 Å². The topological polar surface area (TPSA) is 37.3 Å². The predicted molar refractivity (Wildman–Crippen MR) is 109 cm³/mol. The van der Waals surface area contributed by atoms with E-state index in [4.69, 9.17) is 0 Å². The number of ketones is 1. The van der Waals surface area contributed by atoms with E-state index in [0.717, 1.165) is 48.9 Å². The molecule has 0 radical (unpaired) electrons. The maximum atomic E-state index is 12.8. The van der Waals surface area contributed by atoms with E-state index in [2.05, 4.69) is 29.8 Å². The summed E-state index contributed by atoms with van der Waals surface area (Å²) in [7, 11) is 0. The summed E-state index contributed by atoms with van der Waals surface area (Å²) in [5.74, 6) is 4.77. The molecule has 26 heavy (non-hydrogen) atoms. The van der Waals surface area contributed by atoms with Crippen molar-refractivity contribution in [2.24, 2.45) is 40.9 Å². The standard InChI is InChI=1S/C23H37BrO2/c1-22(26)11-9-16-15(13-22)7-8-18-17(16)10-12-23(2)19(18)5-3-4-6-20(23)21(25)14-24/h15-20,26H,3-14H2,1-2H3/t15-,16+,17-,18-,19+,20+,22-,23+/m1/s1. The molecule has 0 aromatic carbocycles. The van der Waals surface area contributed by atoms with Crippen LogP contribution in [0.5, 0.6) is 0 Å². The van der Waals surface area contributed by atoms with Crippen molar-refractivity contribution in [1.29, 1.82) is 0 Å². The van der Waals surface area contributed by atoms with Gasteiger partial charge in [-0.25, -0.2) is 0 Å². The highest BCUT2D eigenvalue weighted by Gasteiger charge is 2.56. The van der Waals surface area contributed by atoms with Gasteiger partial charge in [-0.1, -0.05) is 35.7 Å². The van der Waals surface area contributed by atoms with Crippen LogP contribution in [0.1, 0.15) is 84.5 Å². The van der Waals surface area contributed by atoms with Gasteiger partial charge in [0.15, 0.2) is 0 Å². The van der Waals surface area contributed by atoms with Crippen LogP contribution in [0.15, 0.2) is 0 Å². The van der Waals surface area contributed by atoms with Gasteiger partial charge < -0.3 is 5.11 Å². The second-order valence-corrected chi connectivity index (χ2v) is 11.2.